The molecule has 0 aliphatic rings. The molecule has 2 heterocycles. The Morgan fingerprint density at radius 1 is 0.771 bits per heavy atom. The standard InChI is InChI=1S/C22H11Cl2F6N3.C2H6/c23-17-3-1-2-16(20(17)24)15-4-5-31-10-19(15)33-11-32-9-18(33)12-6-13(21(25,26)27)8-14(7-12)22(28,29)30;1-2/h1-11H;1-2H3. The molecule has 0 saturated carbocycles. The summed E-state index contributed by atoms with van der Waals surface area (Å²) in [6, 6.07) is 7.88. The average Bonchev–Trinajstić information content (AvgIpc) is 3.31. The molecule has 0 spiro atoms. The first-order valence-electron chi connectivity index (χ1n) is 10.2. The van der Waals surface area contributed by atoms with E-state index in [1.54, 1.807) is 24.3 Å². The highest BCUT2D eigenvalue weighted by atomic mass is 35.5. The van der Waals surface area contributed by atoms with Crippen LogP contribution in [0.5, 0.6) is 0 Å². The topological polar surface area (TPSA) is 30.7 Å². The van der Waals surface area contributed by atoms with Gasteiger partial charge in [0.2, 0.25) is 0 Å². The second-order valence-electron chi connectivity index (χ2n) is 6.94. The maximum absolute atomic E-state index is 13.3. The zero-order chi connectivity index (χ0) is 26.0. The van der Waals surface area contributed by atoms with Crippen LogP contribution in [0.15, 0.2) is 67.4 Å². The monoisotopic (exact) mass is 531 g/mol. The van der Waals surface area contributed by atoms with Crippen LogP contribution >= 0.6 is 23.2 Å². The van der Waals surface area contributed by atoms with Crippen LogP contribution in [0.4, 0.5) is 26.3 Å². The molecule has 0 aliphatic carbocycles. The molecule has 11 heteroatoms. The van der Waals surface area contributed by atoms with Crippen molar-refractivity contribution in [2.24, 2.45) is 0 Å². The first-order chi connectivity index (χ1) is 16.5. The number of imidazole rings is 1. The fraction of sp³-hybridized carbons (Fsp3) is 0.167. The Morgan fingerprint density at radius 2 is 1.40 bits per heavy atom. The van der Waals surface area contributed by atoms with Gasteiger partial charge in [-0.05, 0) is 30.3 Å². The van der Waals surface area contributed by atoms with Crippen LogP contribution in [0, 0.1) is 0 Å². The molecule has 0 bridgehead atoms. The van der Waals surface area contributed by atoms with Crippen LogP contribution < -0.4 is 0 Å². The van der Waals surface area contributed by atoms with Crippen LogP contribution in [0.3, 0.4) is 0 Å². The van der Waals surface area contributed by atoms with E-state index in [4.69, 9.17) is 23.2 Å². The highest BCUT2D eigenvalue weighted by molar-refractivity contribution is 6.43. The van der Waals surface area contributed by atoms with E-state index in [-0.39, 0.29) is 27.4 Å². The van der Waals surface area contributed by atoms with Crippen LogP contribution in [0.2, 0.25) is 10.0 Å². The van der Waals surface area contributed by atoms with Gasteiger partial charge in [0, 0.05) is 22.9 Å². The van der Waals surface area contributed by atoms with Gasteiger partial charge in [-0.3, -0.25) is 9.55 Å². The molecule has 4 aromatic rings. The van der Waals surface area contributed by atoms with E-state index in [1.165, 1.54) is 29.5 Å². The molecule has 0 saturated heterocycles. The normalized spacial score (nSPS) is 11.7. The molecule has 35 heavy (non-hydrogen) atoms. The summed E-state index contributed by atoms with van der Waals surface area (Å²) in [5, 5.41) is 0.502. The van der Waals surface area contributed by atoms with Crippen molar-refractivity contribution < 1.29 is 26.3 Å². The summed E-state index contributed by atoms with van der Waals surface area (Å²) in [6.07, 6.45) is -4.65. The number of hydrogen-bond acceptors (Lipinski definition) is 2. The summed E-state index contributed by atoms with van der Waals surface area (Å²) >= 11 is 12.4. The molecule has 0 aliphatic heterocycles. The van der Waals surface area contributed by atoms with Crippen molar-refractivity contribution in [3.05, 3.63) is 88.6 Å². The zero-order valence-corrected chi connectivity index (χ0v) is 19.7. The van der Waals surface area contributed by atoms with Gasteiger partial charge in [-0.2, -0.15) is 26.3 Å². The Labute approximate surface area is 207 Å². The zero-order valence-electron chi connectivity index (χ0n) is 18.2. The molecule has 0 amide bonds. The lowest BCUT2D eigenvalue weighted by Gasteiger charge is -2.17. The average molecular weight is 532 g/mol. The van der Waals surface area contributed by atoms with Crippen LogP contribution in [-0.4, -0.2) is 14.5 Å². The third-order valence-electron chi connectivity index (χ3n) is 4.82. The predicted molar refractivity (Wildman–Crippen MR) is 124 cm³/mol. The minimum atomic E-state index is -4.98. The maximum atomic E-state index is 13.3. The van der Waals surface area contributed by atoms with E-state index in [2.05, 4.69) is 9.97 Å². The summed E-state index contributed by atoms with van der Waals surface area (Å²) in [4.78, 5) is 7.99. The number of rotatable bonds is 3. The fourth-order valence-corrected chi connectivity index (χ4v) is 3.72. The second kappa shape index (κ2) is 10.3. The smallest absolute Gasteiger partial charge is 0.297 e. The van der Waals surface area contributed by atoms with E-state index in [0.29, 0.717) is 28.9 Å². The van der Waals surface area contributed by atoms with Crippen molar-refractivity contribution in [2.75, 3.05) is 0 Å². The number of aromatic nitrogens is 3. The minimum absolute atomic E-state index is 0.000925. The predicted octanol–water partition coefficient (Wildman–Crippen LogP) is 8.97. The molecule has 2 aromatic heterocycles. The SMILES string of the molecule is CC.FC(F)(F)c1cc(-c2cncn2-c2cnccc2-c2cccc(Cl)c2Cl)cc(C(F)(F)F)c1. The van der Waals surface area contributed by atoms with Crippen molar-refractivity contribution in [1.29, 1.82) is 0 Å². The first kappa shape index (κ1) is 26.6. The van der Waals surface area contributed by atoms with Gasteiger partial charge in [-0.1, -0.05) is 49.2 Å². The lowest BCUT2D eigenvalue weighted by atomic mass is 10.0. The van der Waals surface area contributed by atoms with E-state index in [0.717, 1.165) is 0 Å². The molecule has 0 atom stereocenters. The second-order valence-corrected chi connectivity index (χ2v) is 7.72. The highest BCUT2D eigenvalue weighted by Gasteiger charge is 2.37. The van der Waals surface area contributed by atoms with Crippen LogP contribution in [0.25, 0.3) is 28.1 Å². The quantitative estimate of drug-likeness (QED) is 0.247. The summed E-state index contributed by atoms with van der Waals surface area (Å²) in [5.41, 5.74) is -1.84. The molecule has 0 unspecified atom stereocenters. The summed E-state index contributed by atoms with van der Waals surface area (Å²) in [5.74, 6) is 0. The molecule has 4 rings (SSSR count). The lowest BCUT2D eigenvalue weighted by molar-refractivity contribution is -0.143. The number of hydrogen-bond donors (Lipinski definition) is 0. The Morgan fingerprint density at radius 3 is 2.00 bits per heavy atom. The van der Waals surface area contributed by atoms with E-state index in [9.17, 15) is 26.3 Å². The van der Waals surface area contributed by atoms with Crippen molar-refractivity contribution >= 4 is 23.2 Å². The molecular weight excluding hydrogens is 515 g/mol. The highest BCUT2D eigenvalue weighted by Crippen LogP contribution is 2.40. The summed E-state index contributed by atoms with van der Waals surface area (Å²) in [7, 11) is 0. The molecular formula is C24H17Cl2F6N3. The van der Waals surface area contributed by atoms with Gasteiger partial charge in [0.1, 0.15) is 0 Å². The molecule has 0 radical (unpaired) electrons. The molecule has 0 N–H and O–H groups in total. The Balaban J connectivity index is 0.00000167. The molecule has 184 valence electrons. The van der Waals surface area contributed by atoms with Crippen molar-refractivity contribution in [3.63, 3.8) is 0 Å². The number of alkyl halides is 6. The third-order valence-corrected chi connectivity index (χ3v) is 5.64. The Bertz CT molecular complexity index is 1300. The van der Waals surface area contributed by atoms with Crippen molar-refractivity contribution in [2.45, 2.75) is 26.2 Å². The van der Waals surface area contributed by atoms with Gasteiger partial charge in [0.15, 0.2) is 0 Å². The summed E-state index contributed by atoms with van der Waals surface area (Å²) in [6.45, 7) is 4.00. The Hall–Kier alpha value is -3.04. The number of pyridine rings is 1. The van der Waals surface area contributed by atoms with E-state index >= 15 is 0 Å². The molecule has 3 nitrogen and oxygen atoms in total. The largest absolute Gasteiger partial charge is 0.416 e. The maximum Gasteiger partial charge on any atom is 0.416 e. The third kappa shape index (κ3) is 5.62. The Kier molecular flexibility index (Phi) is 7.81. The van der Waals surface area contributed by atoms with Crippen LogP contribution in [-0.2, 0) is 12.4 Å². The minimum Gasteiger partial charge on any atom is -0.297 e. The van der Waals surface area contributed by atoms with Gasteiger partial charge in [0.05, 0.1) is 51.3 Å². The van der Waals surface area contributed by atoms with Crippen LogP contribution in [0.1, 0.15) is 25.0 Å². The number of benzene rings is 2. The fourth-order valence-electron chi connectivity index (χ4n) is 3.32. The lowest BCUT2D eigenvalue weighted by Crippen LogP contribution is -2.11. The number of halogens is 8. The van der Waals surface area contributed by atoms with E-state index < -0.39 is 23.5 Å². The van der Waals surface area contributed by atoms with E-state index in [1.807, 2.05) is 13.8 Å². The van der Waals surface area contributed by atoms with Gasteiger partial charge in [-0.15, -0.1) is 0 Å². The summed E-state index contributed by atoms with van der Waals surface area (Å²) < 4.78 is 81.4. The van der Waals surface area contributed by atoms with Crippen molar-refractivity contribution in [1.82, 2.24) is 14.5 Å². The molecule has 2 aromatic carbocycles. The van der Waals surface area contributed by atoms with Crippen molar-refractivity contribution in [3.8, 4) is 28.1 Å². The van der Waals surface area contributed by atoms with Gasteiger partial charge < -0.3 is 0 Å². The number of nitrogens with zero attached hydrogens (tertiary/aromatic N) is 3. The molecule has 0 fully saturated rings. The van der Waals surface area contributed by atoms with Gasteiger partial charge >= 0.3 is 12.4 Å². The van der Waals surface area contributed by atoms with Gasteiger partial charge in [-0.25, -0.2) is 4.98 Å². The first-order valence-corrected chi connectivity index (χ1v) is 10.9. The van der Waals surface area contributed by atoms with Gasteiger partial charge in [0.25, 0.3) is 0 Å².